The number of nitrogens with one attached hydrogen (secondary N) is 1. The van der Waals surface area contributed by atoms with E-state index in [2.05, 4.69) is 42.5 Å². The molecule has 1 aromatic heterocycles. The first kappa shape index (κ1) is 8.53. The number of nitrogens with zero attached hydrogens (tertiary/aromatic N) is 1. The number of aromatic nitrogens is 2. The molecule has 0 aliphatic carbocycles. The third-order valence-electron chi connectivity index (χ3n) is 1.01. The second kappa shape index (κ2) is 3.22. The largest absolute Gasteiger partial charge is 0.383 e. The molecule has 1 N–H and O–H groups in total. The van der Waals surface area contributed by atoms with Crippen LogP contribution in [0.15, 0.2) is 0 Å². The highest BCUT2D eigenvalue weighted by atomic mass is 32.1. The van der Waals surface area contributed by atoms with Gasteiger partial charge in [0.1, 0.15) is 12.5 Å². The van der Waals surface area contributed by atoms with Gasteiger partial charge in [0, 0.05) is 0 Å². The van der Waals surface area contributed by atoms with Crippen LogP contribution in [-0.4, -0.2) is 50.4 Å². The van der Waals surface area contributed by atoms with Crippen LogP contribution < -0.4 is 14.7 Å². The lowest BCUT2D eigenvalue weighted by atomic mass is 10.0. The van der Waals surface area contributed by atoms with E-state index in [1.165, 1.54) is 0 Å². The molecule has 0 bridgehead atoms. The summed E-state index contributed by atoms with van der Waals surface area (Å²) in [6, 6.07) is 0. The normalized spacial score (nSPS) is 9.60. The fourth-order valence-corrected chi connectivity index (χ4v) is 1.66. The summed E-state index contributed by atoms with van der Waals surface area (Å²) >= 11 is 9.72. The summed E-state index contributed by atoms with van der Waals surface area (Å²) in [5, 5.41) is 0. The summed E-state index contributed by atoms with van der Waals surface area (Å²) in [5.41, 5.74) is 0.520. The van der Waals surface area contributed by atoms with Gasteiger partial charge in [0.15, 0.2) is 0 Å². The van der Waals surface area contributed by atoms with E-state index < -0.39 is 0 Å². The maximum Gasteiger partial charge on any atom is 0.240 e. The second-order valence-corrected chi connectivity index (χ2v) is 3.27. The van der Waals surface area contributed by atoms with Gasteiger partial charge in [-0.05, 0) is 4.69 Å². The minimum atomic E-state index is 0.439. The number of aromatic amines is 1. The Hall–Kier alpha value is 0.430. The first-order chi connectivity index (χ1) is 4.61. The average Bonchev–Trinajstić information content (AvgIpc) is 1.82. The molecule has 0 aromatic carbocycles. The van der Waals surface area contributed by atoms with Crippen LogP contribution in [0.5, 0.6) is 0 Å². The molecule has 6 radical (unpaired) electrons. The Kier molecular flexibility index (Phi) is 2.74. The Morgan fingerprint density at radius 3 is 2.60 bits per heavy atom. The molecule has 1 heterocycles. The Morgan fingerprint density at radius 2 is 2.10 bits per heavy atom. The molecule has 0 amide bonds. The monoisotopic (exact) mass is 174 g/mol. The smallest absolute Gasteiger partial charge is 0.240 e. The average molecular weight is 174 g/mol. The SMILES string of the molecule is [B]c1[c]([Al])[nH][c]([Al])nc1=S. The van der Waals surface area contributed by atoms with E-state index in [0.29, 0.717) is 14.8 Å². The van der Waals surface area contributed by atoms with E-state index in [1.807, 2.05) is 0 Å². The molecule has 0 saturated carbocycles. The maximum atomic E-state index is 5.52. The van der Waals surface area contributed by atoms with Gasteiger partial charge in [-0.15, -0.1) is 0 Å². The fraction of sp³-hybridized carbons (Fsp3) is 0. The summed E-state index contributed by atoms with van der Waals surface area (Å²) in [7, 11) is 5.52. The first-order valence-electron chi connectivity index (χ1n) is 2.52. The van der Waals surface area contributed by atoms with Crippen LogP contribution in [0.25, 0.3) is 0 Å². The molecule has 0 atom stereocenters. The highest BCUT2D eigenvalue weighted by molar-refractivity contribution is 7.71. The summed E-state index contributed by atoms with van der Waals surface area (Å²) in [4.78, 5) is 6.82. The van der Waals surface area contributed by atoms with Crippen LogP contribution in [0.4, 0.5) is 0 Å². The minimum absolute atomic E-state index is 0.439. The van der Waals surface area contributed by atoms with Crippen LogP contribution in [-0.2, 0) is 0 Å². The van der Waals surface area contributed by atoms with E-state index in [-0.39, 0.29) is 0 Å². The van der Waals surface area contributed by atoms with Crippen molar-refractivity contribution in [2.24, 2.45) is 0 Å². The lowest BCUT2D eigenvalue weighted by Crippen LogP contribution is -2.37. The predicted octanol–water partition coefficient (Wildman–Crippen LogP) is -2.48. The first-order valence-corrected chi connectivity index (χ1v) is 4.08. The molecule has 1 rings (SSSR count). The maximum absolute atomic E-state index is 5.52. The highest BCUT2D eigenvalue weighted by Gasteiger charge is 1.92. The van der Waals surface area contributed by atoms with Crippen molar-refractivity contribution in [2.75, 3.05) is 0 Å². The summed E-state index contributed by atoms with van der Waals surface area (Å²) < 4.78 is 1.92. The van der Waals surface area contributed by atoms with Crippen LogP contribution >= 0.6 is 12.2 Å². The zero-order valence-corrected chi connectivity index (χ0v) is 8.21. The molecular formula is C4HAl2BN2S. The van der Waals surface area contributed by atoms with Gasteiger partial charge in [-0.3, -0.25) is 0 Å². The van der Waals surface area contributed by atoms with Gasteiger partial charge in [0.05, 0.1) is 0 Å². The van der Waals surface area contributed by atoms with Crippen molar-refractivity contribution in [3.05, 3.63) is 4.64 Å². The molecule has 0 aliphatic rings. The Balaban J connectivity index is 3.46. The Bertz CT molecular complexity index is 311. The van der Waals surface area contributed by atoms with Crippen LogP contribution in [0.3, 0.4) is 0 Å². The Labute approximate surface area is 81.7 Å². The van der Waals surface area contributed by atoms with Crippen molar-refractivity contribution >= 4 is 67.3 Å². The molecule has 6 heteroatoms. The van der Waals surface area contributed by atoms with Crippen molar-refractivity contribution in [1.82, 2.24) is 9.97 Å². The van der Waals surface area contributed by atoms with Crippen molar-refractivity contribution in [2.45, 2.75) is 0 Å². The number of rotatable bonds is 0. The van der Waals surface area contributed by atoms with Gasteiger partial charge in [-0.1, -0.05) is 22.2 Å². The van der Waals surface area contributed by atoms with E-state index in [4.69, 9.17) is 20.1 Å². The summed E-state index contributed by atoms with van der Waals surface area (Å²) in [6.07, 6.45) is 0. The minimum Gasteiger partial charge on any atom is -0.383 e. The molecule has 0 unspecified atom stereocenters. The van der Waals surface area contributed by atoms with Crippen LogP contribution in [0.2, 0.25) is 0 Å². The van der Waals surface area contributed by atoms with Gasteiger partial charge in [-0.25, -0.2) is 4.98 Å². The molecule has 0 aliphatic heterocycles. The summed E-state index contributed by atoms with van der Waals surface area (Å²) in [6.45, 7) is 0. The van der Waals surface area contributed by atoms with Crippen molar-refractivity contribution in [1.29, 1.82) is 0 Å². The molecule has 42 valence electrons. The van der Waals surface area contributed by atoms with Crippen molar-refractivity contribution in [3.63, 3.8) is 0 Å². The van der Waals surface area contributed by atoms with Crippen molar-refractivity contribution in [3.8, 4) is 0 Å². The quantitative estimate of drug-likeness (QED) is 0.348. The zero-order chi connectivity index (χ0) is 7.72. The summed E-state index contributed by atoms with van der Waals surface area (Å²) in [5.74, 6) is 0. The van der Waals surface area contributed by atoms with Crippen molar-refractivity contribution < 1.29 is 0 Å². The lowest BCUT2D eigenvalue weighted by molar-refractivity contribution is 1.27. The van der Waals surface area contributed by atoms with E-state index in [9.17, 15) is 0 Å². The van der Waals surface area contributed by atoms with Gasteiger partial charge in [-0.2, -0.15) is 0 Å². The van der Waals surface area contributed by atoms with E-state index in [1.54, 1.807) is 0 Å². The fourth-order valence-electron chi connectivity index (χ4n) is 0.518. The molecule has 1 aromatic rings. The highest BCUT2D eigenvalue weighted by Crippen LogP contribution is 1.67. The van der Waals surface area contributed by atoms with Gasteiger partial charge < -0.3 is 4.98 Å². The molecule has 2 nitrogen and oxygen atoms in total. The number of hydrogen-bond donors (Lipinski definition) is 1. The molecule has 10 heavy (non-hydrogen) atoms. The standard InChI is InChI=1S/C4HBN2S.2Al/c5-3-1-6-2-7-4(3)8;;/h(H,6,7,8);;. The number of H-pyrrole nitrogens is 1. The molecule has 0 saturated heterocycles. The molecule has 0 spiro atoms. The molecular weight excluding hydrogens is 173 g/mol. The van der Waals surface area contributed by atoms with Gasteiger partial charge in [0.25, 0.3) is 0 Å². The zero-order valence-electron chi connectivity index (χ0n) is 5.09. The third kappa shape index (κ3) is 1.72. The van der Waals surface area contributed by atoms with Crippen LogP contribution in [0.1, 0.15) is 0 Å². The third-order valence-corrected chi connectivity index (χ3v) is 2.05. The second-order valence-electron chi connectivity index (χ2n) is 1.75. The number of hydrogen-bond acceptors (Lipinski definition) is 2. The molecule has 0 fully saturated rings. The topological polar surface area (TPSA) is 28.7 Å². The Morgan fingerprint density at radius 1 is 1.50 bits per heavy atom. The van der Waals surface area contributed by atoms with E-state index >= 15 is 0 Å². The van der Waals surface area contributed by atoms with Gasteiger partial charge >= 0.3 is 0 Å². The van der Waals surface area contributed by atoms with E-state index in [0.717, 1.165) is 4.56 Å². The van der Waals surface area contributed by atoms with Gasteiger partial charge in [0.2, 0.25) is 32.6 Å². The van der Waals surface area contributed by atoms with Crippen LogP contribution in [0, 0.1) is 4.64 Å². The predicted molar refractivity (Wildman–Crippen MR) is 45.6 cm³/mol. The lowest BCUT2D eigenvalue weighted by Gasteiger charge is -2.03.